The molecule has 1 aliphatic heterocycles. The molecular formula is C17H24N2O5S. The van der Waals surface area contributed by atoms with Crippen LogP contribution in [0.25, 0.3) is 0 Å². The molecule has 8 heteroatoms. The van der Waals surface area contributed by atoms with Crippen molar-refractivity contribution in [2.75, 3.05) is 18.6 Å². The molecule has 1 saturated heterocycles. The highest BCUT2D eigenvalue weighted by Gasteiger charge is 2.28. The zero-order valence-electron chi connectivity index (χ0n) is 14.7. The van der Waals surface area contributed by atoms with Gasteiger partial charge in [0, 0.05) is 18.7 Å². The number of amides is 1. The Kier molecular flexibility index (Phi) is 6.18. The number of anilines is 1. The lowest BCUT2D eigenvalue weighted by atomic mass is 10.1. The van der Waals surface area contributed by atoms with Crippen molar-refractivity contribution < 1.29 is 22.7 Å². The van der Waals surface area contributed by atoms with Crippen LogP contribution in [0.5, 0.6) is 0 Å². The van der Waals surface area contributed by atoms with E-state index in [9.17, 15) is 18.0 Å². The van der Waals surface area contributed by atoms with Gasteiger partial charge in [-0.3, -0.25) is 9.59 Å². The third-order valence-electron chi connectivity index (χ3n) is 4.02. The van der Waals surface area contributed by atoms with Crippen LogP contribution in [0.2, 0.25) is 0 Å². The molecule has 1 aromatic carbocycles. The molecule has 1 N–H and O–H groups in total. The number of carbonyl (C=O) groups excluding carboxylic acids is 2. The fourth-order valence-electron chi connectivity index (χ4n) is 2.79. The van der Waals surface area contributed by atoms with Crippen LogP contribution in [-0.4, -0.2) is 40.0 Å². The Labute approximate surface area is 148 Å². The molecule has 0 radical (unpaired) electrons. The number of nitrogens with one attached hydrogen (secondary N) is 1. The van der Waals surface area contributed by atoms with E-state index >= 15 is 0 Å². The average Bonchev–Trinajstić information content (AvgIpc) is 2.99. The van der Waals surface area contributed by atoms with Crippen molar-refractivity contribution in [3.63, 3.8) is 0 Å². The van der Waals surface area contributed by atoms with Crippen LogP contribution in [0.3, 0.4) is 0 Å². The number of hydrogen-bond donors (Lipinski definition) is 1. The van der Waals surface area contributed by atoms with Gasteiger partial charge in [0.05, 0.1) is 12.0 Å². The molecular weight excluding hydrogens is 344 g/mol. The maximum atomic E-state index is 12.5. The topological polar surface area (TPSA) is 92.8 Å². The van der Waals surface area contributed by atoms with Crippen LogP contribution >= 0.6 is 0 Å². The van der Waals surface area contributed by atoms with Crippen molar-refractivity contribution in [3.05, 3.63) is 24.3 Å². The van der Waals surface area contributed by atoms with E-state index in [4.69, 9.17) is 0 Å². The van der Waals surface area contributed by atoms with E-state index in [2.05, 4.69) is 9.46 Å². The van der Waals surface area contributed by atoms with E-state index in [1.54, 1.807) is 17.0 Å². The summed E-state index contributed by atoms with van der Waals surface area (Å²) in [5.41, 5.74) is 0.674. The highest BCUT2D eigenvalue weighted by Crippen LogP contribution is 2.23. The molecule has 7 nitrogen and oxygen atoms in total. The Morgan fingerprint density at radius 3 is 2.40 bits per heavy atom. The number of hydrogen-bond acceptors (Lipinski definition) is 5. The summed E-state index contributed by atoms with van der Waals surface area (Å²) in [4.78, 5) is 25.3. The normalized spacial score (nSPS) is 16.3. The Morgan fingerprint density at radius 1 is 1.28 bits per heavy atom. The van der Waals surface area contributed by atoms with E-state index in [0.717, 1.165) is 6.42 Å². The number of nitrogens with zero attached hydrogens (tertiary/aromatic N) is 1. The van der Waals surface area contributed by atoms with Gasteiger partial charge in [-0.05, 0) is 43.0 Å². The highest BCUT2D eigenvalue weighted by atomic mass is 32.2. The monoisotopic (exact) mass is 368 g/mol. The summed E-state index contributed by atoms with van der Waals surface area (Å²) in [6.45, 7) is 4.43. The molecule has 1 amide bonds. The second-order valence-corrected chi connectivity index (χ2v) is 8.18. The molecule has 1 atom stereocenters. The number of methoxy groups -OCH3 is 1. The van der Waals surface area contributed by atoms with E-state index in [1.165, 1.54) is 19.2 Å². The lowest BCUT2D eigenvalue weighted by molar-refractivity contribution is -0.143. The van der Waals surface area contributed by atoms with Gasteiger partial charge < -0.3 is 9.64 Å². The molecule has 2 rings (SSSR count). The molecule has 0 saturated carbocycles. The Balaban J connectivity index is 2.17. The summed E-state index contributed by atoms with van der Waals surface area (Å²) in [5, 5.41) is 0. The number of ether oxygens (including phenoxy) is 1. The van der Waals surface area contributed by atoms with Crippen LogP contribution < -0.4 is 9.62 Å². The largest absolute Gasteiger partial charge is 0.468 e. The van der Waals surface area contributed by atoms with E-state index in [-0.39, 0.29) is 16.7 Å². The van der Waals surface area contributed by atoms with Gasteiger partial charge in [-0.15, -0.1) is 0 Å². The van der Waals surface area contributed by atoms with Crippen LogP contribution in [0.4, 0.5) is 5.69 Å². The molecule has 0 aromatic heterocycles. The van der Waals surface area contributed by atoms with Gasteiger partial charge in [-0.25, -0.2) is 8.42 Å². The first-order valence-corrected chi connectivity index (χ1v) is 9.73. The van der Waals surface area contributed by atoms with Gasteiger partial charge in [0.1, 0.15) is 6.04 Å². The maximum Gasteiger partial charge on any atom is 0.323 e. The quantitative estimate of drug-likeness (QED) is 0.739. The standard InChI is InChI=1S/C17H24N2O5S/c1-12(2)11-15(17(21)24-3)18-25(22,23)14-8-6-13(7-9-14)19-10-4-5-16(19)20/h6-9,12,15,18H,4-5,10-11H2,1-3H3/t15-/m0/s1. The molecule has 1 fully saturated rings. The Morgan fingerprint density at radius 2 is 1.92 bits per heavy atom. The highest BCUT2D eigenvalue weighted by molar-refractivity contribution is 7.89. The van der Waals surface area contributed by atoms with Crippen LogP contribution in [0.15, 0.2) is 29.2 Å². The van der Waals surface area contributed by atoms with E-state index < -0.39 is 22.0 Å². The fraction of sp³-hybridized carbons (Fsp3) is 0.529. The molecule has 1 aliphatic rings. The first-order chi connectivity index (χ1) is 11.7. The lowest BCUT2D eigenvalue weighted by Crippen LogP contribution is -2.42. The third-order valence-corrected chi connectivity index (χ3v) is 5.51. The zero-order chi connectivity index (χ0) is 18.6. The van der Waals surface area contributed by atoms with Crippen molar-refractivity contribution in [2.45, 2.75) is 44.0 Å². The van der Waals surface area contributed by atoms with Crippen molar-refractivity contribution in [1.82, 2.24) is 4.72 Å². The summed E-state index contributed by atoms with van der Waals surface area (Å²) in [7, 11) is -2.64. The van der Waals surface area contributed by atoms with E-state index in [1.807, 2.05) is 13.8 Å². The SMILES string of the molecule is COC(=O)[C@H](CC(C)C)NS(=O)(=O)c1ccc(N2CCCC2=O)cc1. The van der Waals surface area contributed by atoms with Gasteiger partial charge in [-0.1, -0.05) is 13.8 Å². The summed E-state index contributed by atoms with van der Waals surface area (Å²) >= 11 is 0. The van der Waals surface area contributed by atoms with Crippen molar-refractivity contribution >= 4 is 27.6 Å². The first kappa shape index (κ1) is 19.4. The maximum absolute atomic E-state index is 12.5. The van der Waals surface area contributed by atoms with E-state index in [0.29, 0.717) is 25.1 Å². The van der Waals surface area contributed by atoms with Crippen molar-refractivity contribution in [3.8, 4) is 0 Å². The van der Waals surface area contributed by atoms with Crippen LogP contribution in [-0.2, 0) is 24.3 Å². The molecule has 0 unspecified atom stereocenters. The van der Waals surface area contributed by atoms with Gasteiger partial charge in [0.15, 0.2) is 0 Å². The molecule has 25 heavy (non-hydrogen) atoms. The molecule has 0 bridgehead atoms. The summed E-state index contributed by atoms with van der Waals surface area (Å²) in [6.07, 6.45) is 1.65. The Bertz CT molecular complexity index is 728. The smallest absolute Gasteiger partial charge is 0.323 e. The zero-order valence-corrected chi connectivity index (χ0v) is 15.5. The predicted molar refractivity (Wildman–Crippen MR) is 93.6 cm³/mol. The van der Waals surface area contributed by atoms with Crippen molar-refractivity contribution in [2.24, 2.45) is 5.92 Å². The van der Waals surface area contributed by atoms with Gasteiger partial charge in [0.25, 0.3) is 0 Å². The number of sulfonamides is 1. The molecule has 0 spiro atoms. The summed E-state index contributed by atoms with van der Waals surface area (Å²) < 4.78 is 32.2. The summed E-state index contributed by atoms with van der Waals surface area (Å²) in [6, 6.07) is 5.15. The third kappa shape index (κ3) is 4.79. The average molecular weight is 368 g/mol. The molecule has 1 aromatic rings. The van der Waals surface area contributed by atoms with Crippen LogP contribution in [0.1, 0.15) is 33.1 Å². The molecule has 1 heterocycles. The second-order valence-electron chi connectivity index (χ2n) is 6.47. The second kappa shape index (κ2) is 7.97. The molecule has 138 valence electrons. The minimum atomic E-state index is -3.87. The van der Waals surface area contributed by atoms with Crippen molar-refractivity contribution in [1.29, 1.82) is 0 Å². The lowest BCUT2D eigenvalue weighted by Gasteiger charge is -2.19. The Hall–Kier alpha value is -1.93. The predicted octanol–water partition coefficient (Wildman–Crippen LogP) is 1.68. The number of carbonyl (C=O) groups is 2. The summed E-state index contributed by atoms with van der Waals surface area (Å²) in [5.74, 6) is -0.455. The van der Waals surface area contributed by atoms with Gasteiger partial charge >= 0.3 is 5.97 Å². The number of rotatable bonds is 7. The number of benzene rings is 1. The fourth-order valence-corrected chi connectivity index (χ4v) is 3.99. The number of esters is 1. The minimum absolute atomic E-state index is 0.0384. The van der Waals surface area contributed by atoms with Gasteiger partial charge in [0.2, 0.25) is 15.9 Å². The first-order valence-electron chi connectivity index (χ1n) is 8.25. The van der Waals surface area contributed by atoms with Gasteiger partial charge in [-0.2, -0.15) is 4.72 Å². The minimum Gasteiger partial charge on any atom is -0.468 e. The molecule has 0 aliphatic carbocycles. The van der Waals surface area contributed by atoms with Crippen LogP contribution in [0, 0.1) is 5.92 Å².